The molecule has 0 saturated heterocycles. The van der Waals surface area contributed by atoms with Crippen LogP contribution in [0.25, 0.3) is 10.9 Å². The second kappa shape index (κ2) is 6.09. The van der Waals surface area contributed by atoms with Crippen molar-refractivity contribution in [3.8, 4) is 0 Å². The molecule has 0 bridgehead atoms. The molecule has 0 radical (unpaired) electrons. The second-order valence-corrected chi connectivity index (χ2v) is 6.35. The van der Waals surface area contributed by atoms with Crippen LogP contribution in [0.15, 0.2) is 23.1 Å². The van der Waals surface area contributed by atoms with Crippen molar-refractivity contribution in [2.45, 2.75) is 37.1 Å². The topological polar surface area (TPSA) is 68.2 Å². The molecule has 6 N–H and O–H groups in total. The Kier molecular flexibility index (Phi) is 4.68. The van der Waals surface area contributed by atoms with Crippen LogP contribution in [-0.2, 0) is 6.42 Å². The predicted octanol–water partition coefficient (Wildman–Crippen LogP) is 2.01. The number of quaternary nitrogens is 2. The number of rotatable bonds is 4. The number of pyridine rings is 1. The summed E-state index contributed by atoms with van der Waals surface area (Å²) in [5.74, 6) is 0. The van der Waals surface area contributed by atoms with E-state index in [0.717, 1.165) is 29.4 Å². The van der Waals surface area contributed by atoms with E-state index in [2.05, 4.69) is 36.4 Å². The van der Waals surface area contributed by atoms with Crippen molar-refractivity contribution in [1.82, 2.24) is 4.98 Å². The van der Waals surface area contributed by atoms with Crippen LogP contribution < -0.4 is 11.5 Å². The van der Waals surface area contributed by atoms with E-state index in [1.807, 2.05) is 12.1 Å². The fourth-order valence-corrected chi connectivity index (χ4v) is 3.45. The molecule has 1 heterocycles. The van der Waals surface area contributed by atoms with Crippen molar-refractivity contribution in [2.75, 3.05) is 0 Å². The molecule has 3 nitrogen and oxygen atoms in total. The van der Waals surface area contributed by atoms with Gasteiger partial charge in [-0.1, -0.05) is 37.1 Å². The summed E-state index contributed by atoms with van der Waals surface area (Å²) in [6.07, 6.45) is 2.12. The minimum atomic E-state index is 0.0552. The first-order valence-electron chi connectivity index (χ1n) is 6.45. The highest BCUT2D eigenvalue weighted by molar-refractivity contribution is 7.99. The Bertz CT molecular complexity index is 599. The first-order valence-corrected chi connectivity index (χ1v) is 7.70. The van der Waals surface area contributed by atoms with Gasteiger partial charge < -0.3 is 0 Å². The summed E-state index contributed by atoms with van der Waals surface area (Å²) in [5.41, 5.74) is 11.3. The summed E-state index contributed by atoms with van der Waals surface area (Å²) < 4.78 is 0. The highest BCUT2D eigenvalue weighted by atomic mass is 35.5. The zero-order valence-electron chi connectivity index (χ0n) is 11.4. The number of aryl methyl sites for hydroxylation is 1. The Labute approximate surface area is 122 Å². The van der Waals surface area contributed by atoms with Crippen molar-refractivity contribution in [3.05, 3.63) is 34.5 Å². The van der Waals surface area contributed by atoms with Gasteiger partial charge in [-0.15, -0.1) is 0 Å². The predicted molar refractivity (Wildman–Crippen MR) is 80.9 cm³/mol. The van der Waals surface area contributed by atoms with Crippen molar-refractivity contribution < 1.29 is 11.5 Å². The standard InChI is InChI=1S/C14H18ClN3S/c1-3-5-9-8(2)18-12-10(6-4-7-11(12)15)13(9)19-14(16)17/h4,6-7,14H,3,5,16-17H2,1-2H3/p+2. The lowest BCUT2D eigenvalue weighted by atomic mass is 10.1. The number of aromatic nitrogens is 1. The molecule has 0 aliphatic carbocycles. The van der Waals surface area contributed by atoms with Gasteiger partial charge in [0, 0.05) is 27.7 Å². The van der Waals surface area contributed by atoms with Gasteiger partial charge in [-0.3, -0.25) is 16.5 Å². The molecule has 0 amide bonds. The van der Waals surface area contributed by atoms with Crippen LogP contribution in [0.3, 0.4) is 0 Å². The van der Waals surface area contributed by atoms with E-state index in [-0.39, 0.29) is 5.50 Å². The average Bonchev–Trinajstić information content (AvgIpc) is 2.34. The second-order valence-electron chi connectivity index (χ2n) is 4.63. The van der Waals surface area contributed by atoms with E-state index >= 15 is 0 Å². The van der Waals surface area contributed by atoms with Gasteiger partial charge in [-0.2, -0.15) is 0 Å². The number of fused-ring (bicyclic) bond motifs is 1. The lowest BCUT2D eigenvalue weighted by Crippen LogP contribution is -2.82. The molecule has 0 fully saturated rings. The quantitative estimate of drug-likeness (QED) is 0.669. The van der Waals surface area contributed by atoms with E-state index in [9.17, 15) is 0 Å². The zero-order chi connectivity index (χ0) is 14.0. The summed E-state index contributed by atoms with van der Waals surface area (Å²) in [6.45, 7) is 4.24. The van der Waals surface area contributed by atoms with Gasteiger partial charge in [0.05, 0.1) is 10.5 Å². The number of hydrogen-bond acceptors (Lipinski definition) is 2. The summed E-state index contributed by atoms with van der Waals surface area (Å²) in [7, 11) is 0. The summed E-state index contributed by atoms with van der Waals surface area (Å²) in [5, 5.41) is 1.82. The van der Waals surface area contributed by atoms with Crippen LogP contribution in [-0.4, -0.2) is 10.5 Å². The van der Waals surface area contributed by atoms with Crippen LogP contribution >= 0.6 is 23.4 Å². The first kappa shape index (κ1) is 14.6. The molecule has 5 heteroatoms. The van der Waals surface area contributed by atoms with Gasteiger partial charge in [0.1, 0.15) is 0 Å². The van der Waals surface area contributed by atoms with E-state index in [0.29, 0.717) is 5.02 Å². The molecule has 102 valence electrons. The molecule has 0 saturated carbocycles. The van der Waals surface area contributed by atoms with Crippen LogP contribution in [0.4, 0.5) is 0 Å². The lowest BCUT2D eigenvalue weighted by Gasteiger charge is -2.14. The third-order valence-electron chi connectivity index (χ3n) is 3.01. The van der Waals surface area contributed by atoms with Crippen molar-refractivity contribution in [2.24, 2.45) is 0 Å². The van der Waals surface area contributed by atoms with Gasteiger partial charge >= 0.3 is 0 Å². The smallest absolute Gasteiger partial charge is 0.260 e. The van der Waals surface area contributed by atoms with Crippen LogP contribution in [0.2, 0.25) is 5.02 Å². The van der Waals surface area contributed by atoms with Gasteiger partial charge in [0.25, 0.3) is 5.50 Å². The Hall–Kier alpha value is -0.810. The number of thioether (sulfide) groups is 1. The Morgan fingerprint density at radius 1 is 1.37 bits per heavy atom. The average molecular weight is 298 g/mol. The molecule has 2 rings (SSSR count). The third kappa shape index (κ3) is 3.03. The van der Waals surface area contributed by atoms with Gasteiger partial charge in [0.15, 0.2) is 0 Å². The molecular weight excluding hydrogens is 278 g/mol. The van der Waals surface area contributed by atoms with E-state index < -0.39 is 0 Å². The summed E-state index contributed by atoms with van der Waals surface area (Å²) >= 11 is 7.96. The van der Waals surface area contributed by atoms with Crippen molar-refractivity contribution >= 4 is 34.3 Å². The van der Waals surface area contributed by atoms with Crippen LogP contribution in [0.1, 0.15) is 24.6 Å². The lowest BCUT2D eigenvalue weighted by molar-refractivity contribution is -0.619. The van der Waals surface area contributed by atoms with Gasteiger partial charge in [-0.25, -0.2) is 0 Å². The first-order chi connectivity index (χ1) is 9.04. The minimum absolute atomic E-state index is 0.0552. The van der Waals surface area contributed by atoms with Crippen LogP contribution in [0.5, 0.6) is 0 Å². The summed E-state index contributed by atoms with van der Waals surface area (Å²) in [6, 6.07) is 5.94. The maximum Gasteiger partial charge on any atom is 0.260 e. The SMILES string of the molecule is CCCc1c(C)nc2c(Cl)cccc2c1SC([NH3+])[NH3+]. The largest absolute Gasteiger partial charge is 0.299 e. The molecule has 19 heavy (non-hydrogen) atoms. The number of hydrogen-bond donors (Lipinski definition) is 2. The fourth-order valence-electron chi connectivity index (χ4n) is 2.22. The van der Waals surface area contributed by atoms with Crippen molar-refractivity contribution in [1.29, 1.82) is 0 Å². The van der Waals surface area contributed by atoms with E-state index in [1.54, 1.807) is 11.8 Å². The Balaban J connectivity index is 2.74. The molecule has 0 aliphatic heterocycles. The Morgan fingerprint density at radius 2 is 2.11 bits per heavy atom. The fraction of sp³-hybridized carbons (Fsp3) is 0.357. The molecule has 1 aromatic carbocycles. The number of halogens is 1. The highest BCUT2D eigenvalue weighted by Crippen LogP contribution is 2.35. The maximum absolute atomic E-state index is 6.26. The third-order valence-corrected chi connectivity index (χ3v) is 4.35. The number of nitrogens with zero attached hydrogens (tertiary/aromatic N) is 1. The molecule has 0 aliphatic rings. The summed E-state index contributed by atoms with van der Waals surface area (Å²) in [4.78, 5) is 5.91. The van der Waals surface area contributed by atoms with Crippen LogP contribution in [0, 0.1) is 6.92 Å². The van der Waals surface area contributed by atoms with Crippen molar-refractivity contribution in [3.63, 3.8) is 0 Å². The number of para-hydroxylation sites is 1. The van der Waals surface area contributed by atoms with E-state index in [4.69, 9.17) is 11.6 Å². The monoisotopic (exact) mass is 297 g/mol. The number of benzene rings is 1. The molecule has 0 spiro atoms. The van der Waals surface area contributed by atoms with E-state index in [1.165, 1.54) is 10.5 Å². The zero-order valence-corrected chi connectivity index (χ0v) is 12.9. The van der Waals surface area contributed by atoms with Gasteiger partial charge in [-0.05, 0) is 25.0 Å². The highest BCUT2D eigenvalue weighted by Gasteiger charge is 2.17. The minimum Gasteiger partial charge on any atom is -0.299 e. The Morgan fingerprint density at radius 3 is 2.74 bits per heavy atom. The maximum atomic E-state index is 6.26. The van der Waals surface area contributed by atoms with Gasteiger partial charge in [0.2, 0.25) is 0 Å². The molecular formula is C14H20ClN3S+2. The molecule has 0 atom stereocenters. The normalized spacial score (nSPS) is 11.5. The molecule has 0 unspecified atom stereocenters. The molecule has 1 aromatic heterocycles. The molecule has 2 aromatic rings.